The molecule has 0 unspecified atom stereocenters. The highest BCUT2D eigenvalue weighted by Gasteiger charge is 2.06. The first kappa shape index (κ1) is 7.71. The predicted octanol–water partition coefficient (Wildman–Crippen LogP) is -0.124. The molecule has 0 aliphatic heterocycles. The minimum absolute atomic E-state index is 0.398. The summed E-state index contributed by atoms with van der Waals surface area (Å²) in [6.45, 7) is 0. The molecule has 0 atom stereocenters. The highest BCUT2D eigenvalue weighted by molar-refractivity contribution is 5.93. The van der Waals surface area contributed by atoms with E-state index in [1.807, 2.05) is 6.07 Å². The number of carbonyl (C=O) groups is 1. The van der Waals surface area contributed by atoms with Gasteiger partial charge in [-0.1, -0.05) is 18.2 Å². The van der Waals surface area contributed by atoms with Crippen LogP contribution in [0.5, 0.6) is 0 Å². The van der Waals surface area contributed by atoms with E-state index < -0.39 is 5.91 Å². The minimum Gasteiger partial charge on any atom is -0.266 e. The number of nitrogens with two attached hydrogens (primary N) is 2. The minimum atomic E-state index is -0.398. The third-order valence-corrected chi connectivity index (χ3v) is 1.26. The molecular weight excluding hydrogens is 142 g/mol. The van der Waals surface area contributed by atoms with Crippen LogP contribution in [0.3, 0.4) is 0 Å². The molecule has 0 bridgehead atoms. The molecule has 11 heavy (non-hydrogen) atoms. The number of benzene rings is 1. The molecule has 58 valence electrons. The van der Waals surface area contributed by atoms with Crippen LogP contribution in [0.15, 0.2) is 30.3 Å². The molecule has 0 spiro atoms. The molecule has 4 nitrogen and oxygen atoms in total. The molecule has 1 amide bonds. The Balaban J connectivity index is 2.86. The van der Waals surface area contributed by atoms with Gasteiger partial charge in [-0.05, 0) is 12.1 Å². The summed E-state index contributed by atoms with van der Waals surface area (Å²) >= 11 is 0. The van der Waals surface area contributed by atoms with Gasteiger partial charge in [0.1, 0.15) is 0 Å². The van der Waals surface area contributed by atoms with E-state index in [-0.39, 0.29) is 0 Å². The standard InChI is InChI=1S/C7H9N3O/c8-10(9)7(11)6-4-2-1-3-5-6/h1-5H,8-9H2. The zero-order valence-corrected chi connectivity index (χ0v) is 5.90. The largest absolute Gasteiger partial charge is 0.282 e. The smallest absolute Gasteiger partial charge is 0.266 e. The van der Waals surface area contributed by atoms with Gasteiger partial charge in [0.15, 0.2) is 0 Å². The van der Waals surface area contributed by atoms with Crippen molar-refractivity contribution >= 4 is 5.91 Å². The monoisotopic (exact) mass is 151 g/mol. The molecule has 4 heteroatoms. The Hall–Kier alpha value is -1.39. The van der Waals surface area contributed by atoms with Crippen molar-refractivity contribution in [3.63, 3.8) is 0 Å². The quantitative estimate of drug-likeness (QED) is 0.334. The van der Waals surface area contributed by atoms with Gasteiger partial charge in [-0.25, -0.2) is 16.8 Å². The second kappa shape index (κ2) is 3.14. The molecule has 1 rings (SSSR count). The topological polar surface area (TPSA) is 72.3 Å². The molecule has 0 aliphatic carbocycles. The summed E-state index contributed by atoms with van der Waals surface area (Å²) in [6, 6.07) is 8.60. The van der Waals surface area contributed by atoms with Crippen molar-refractivity contribution in [3.05, 3.63) is 35.9 Å². The second-order valence-electron chi connectivity index (χ2n) is 2.08. The van der Waals surface area contributed by atoms with Crippen molar-refractivity contribution in [1.29, 1.82) is 0 Å². The van der Waals surface area contributed by atoms with Crippen molar-refractivity contribution in [2.24, 2.45) is 11.7 Å². The van der Waals surface area contributed by atoms with Crippen LogP contribution in [0, 0.1) is 0 Å². The lowest BCUT2D eigenvalue weighted by molar-refractivity contribution is 0.0755. The maximum atomic E-state index is 11.0. The fraction of sp³-hybridized carbons (Fsp3) is 0. The number of carbonyl (C=O) groups excluding carboxylic acids is 1. The zero-order chi connectivity index (χ0) is 8.27. The van der Waals surface area contributed by atoms with Crippen LogP contribution in [-0.4, -0.2) is 11.0 Å². The van der Waals surface area contributed by atoms with Crippen LogP contribution in [-0.2, 0) is 0 Å². The van der Waals surface area contributed by atoms with Gasteiger partial charge in [0.05, 0.1) is 0 Å². The Bertz CT molecular complexity index is 245. The van der Waals surface area contributed by atoms with Crippen molar-refractivity contribution in [2.45, 2.75) is 0 Å². The first-order valence-corrected chi connectivity index (χ1v) is 3.10. The number of nitrogens with zero attached hydrogens (tertiary/aromatic N) is 1. The summed E-state index contributed by atoms with van der Waals surface area (Å²) in [4.78, 5) is 11.0. The van der Waals surface area contributed by atoms with Crippen molar-refractivity contribution < 1.29 is 4.79 Å². The Morgan fingerprint density at radius 1 is 1.18 bits per heavy atom. The molecule has 0 heterocycles. The predicted molar refractivity (Wildman–Crippen MR) is 41.0 cm³/mol. The normalized spacial score (nSPS) is 9.27. The summed E-state index contributed by atoms with van der Waals surface area (Å²) < 4.78 is 0. The van der Waals surface area contributed by atoms with Crippen LogP contribution in [0.4, 0.5) is 0 Å². The van der Waals surface area contributed by atoms with Gasteiger partial charge in [0, 0.05) is 5.56 Å². The summed E-state index contributed by atoms with van der Waals surface area (Å²) in [5.41, 5.74) is 0.484. The molecule has 0 fully saturated rings. The van der Waals surface area contributed by atoms with Crippen molar-refractivity contribution in [3.8, 4) is 0 Å². The van der Waals surface area contributed by atoms with E-state index in [1.54, 1.807) is 24.3 Å². The first-order valence-electron chi connectivity index (χ1n) is 3.10. The van der Waals surface area contributed by atoms with Gasteiger partial charge in [0.2, 0.25) is 0 Å². The number of hydrogen-bond donors (Lipinski definition) is 2. The van der Waals surface area contributed by atoms with Crippen LogP contribution in [0.2, 0.25) is 0 Å². The molecule has 0 radical (unpaired) electrons. The average Bonchev–Trinajstić information content (AvgIpc) is 2.05. The SMILES string of the molecule is NN(N)C(=O)c1ccccc1. The summed E-state index contributed by atoms with van der Waals surface area (Å²) in [7, 11) is 0. The lowest BCUT2D eigenvalue weighted by Gasteiger charge is -2.07. The molecule has 0 aromatic heterocycles. The molecule has 0 aliphatic rings. The Labute approximate surface area is 64.3 Å². The summed E-state index contributed by atoms with van der Waals surface area (Å²) in [5.74, 6) is 9.66. The maximum Gasteiger partial charge on any atom is 0.282 e. The van der Waals surface area contributed by atoms with Gasteiger partial charge in [-0.2, -0.15) is 0 Å². The highest BCUT2D eigenvalue weighted by atomic mass is 16.2. The second-order valence-corrected chi connectivity index (χ2v) is 2.08. The maximum absolute atomic E-state index is 11.0. The third kappa shape index (κ3) is 1.76. The van der Waals surface area contributed by atoms with Gasteiger partial charge in [-0.15, -0.1) is 0 Å². The van der Waals surface area contributed by atoms with Gasteiger partial charge in [-0.3, -0.25) is 4.79 Å². The highest BCUT2D eigenvalue weighted by Crippen LogP contribution is 1.98. The fourth-order valence-corrected chi connectivity index (χ4v) is 0.730. The lowest BCUT2D eigenvalue weighted by atomic mass is 10.2. The third-order valence-electron chi connectivity index (χ3n) is 1.26. The van der Waals surface area contributed by atoms with Crippen LogP contribution < -0.4 is 11.7 Å². The summed E-state index contributed by atoms with van der Waals surface area (Å²) in [6.07, 6.45) is 0. The van der Waals surface area contributed by atoms with Crippen LogP contribution >= 0.6 is 0 Å². The number of hydrazine groups is 2. The van der Waals surface area contributed by atoms with E-state index >= 15 is 0 Å². The molecule has 0 saturated carbocycles. The fourth-order valence-electron chi connectivity index (χ4n) is 0.730. The van der Waals surface area contributed by atoms with E-state index in [0.717, 1.165) is 0 Å². The Kier molecular flexibility index (Phi) is 2.20. The Morgan fingerprint density at radius 3 is 2.18 bits per heavy atom. The lowest BCUT2D eigenvalue weighted by Crippen LogP contribution is -2.43. The van der Waals surface area contributed by atoms with E-state index in [0.29, 0.717) is 10.7 Å². The molecule has 1 aromatic rings. The first-order chi connectivity index (χ1) is 5.22. The van der Waals surface area contributed by atoms with E-state index in [2.05, 4.69) is 0 Å². The van der Waals surface area contributed by atoms with Crippen molar-refractivity contribution in [2.75, 3.05) is 0 Å². The average molecular weight is 151 g/mol. The Morgan fingerprint density at radius 2 is 1.73 bits per heavy atom. The van der Waals surface area contributed by atoms with E-state index in [1.165, 1.54) is 0 Å². The zero-order valence-electron chi connectivity index (χ0n) is 5.90. The summed E-state index contributed by atoms with van der Waals surface area (Å²) in [5, 5.41) is 0.565. The van der Waals surface area contributed by atoms with Gasteiger partial charge in [0.25, 0.3) is 5.91 Å². The van der Waals surface area contributed by atoms with Crippen LogP contribution in [0.25, 0.3) is 0 Å². The van der Waals surface area contributed by atoms with Gasteiger partial charge >= 0.3 is 0 Å². The van der Waals surface area contributed by atoms with E-state index in [9.17, 15) is 4.79 Å². The number of rotatable bonds is 1. The number of amides is 1. The molecule has 4 N–H and O–H groups in total. The molecule has 1 aromatic carbocycles. The molecule has 0 saturated heterocycles. The van der Waals surface area contributed by atoms with Crippen molar-refractivity contribution in [1.82, 2.24) is 5.12 Å². The number of hydrogen-bond acceptors (Lipinski definition) is 3. The van der Waals surface area contributed by atoms with Gasteiger partial charge < -0.3 is 0 Å². The molecular formula is C7H9N3O. The van der Waals surface area contributed by atoms with Crippen LogP contribution in [0.1, 0.15) is 10.4 Å². The van der Waals surface area contributed by atoms with E-state index in [4.69, 9.17) is 11.7 Å².